The molecule has 2 aromatic heterocycles. The van der Waals surface area contributed by atoms with E-state index in [4.69, 9.17) is 9.31 Å². The lowest BCUT2D eigenvalue weighted by atomic mass is 9.86. The van der Waals surface area contributed by atoms with E-state index in [1.165, 1.54) is 6.08 Å². The molecule has 3 rings (SSSR count). The van der Waals surface area contributed by atoms with Gasteiger partial charge in [-0.05, 0) is 45.2 Å². The van der Waals surface area contributed by atoms with Crippen LogP contribution in [0.5, 0.6) is 0 Å². The zero-order valence-electron chi connectivity index (χ0n) is 14.0. The third-order valence-corrected chi connectivity index (χ3v) is 5.11. The molecule has 0 amide bonds. The third-order valence-electron chi connectivity index (χ3n) is 4.42. The number of aryl methyl sites for hydroxylation is 1. The minimum Gasteiger partial charge on any atom is -0.398 e. The smallest absolute Gasteiger partial charge is 0.398 e. The summed E-state index contributed by atoms with van der Waals surface area (Å²) in [6.45, 7) is 7.62. The maximum absolute atomic E-state index is 14.7. The second-order valence-electron chi connectivity index (χ2n) is 6.74. The van der Waals surface area contributed by atoms with Gasteiger partial charge >= 0.3 is 7.12 Å². The Balaban J connectivity index is 1.91. The summed E-state index contributed by atoms with van der Waals surface area (Å²) in [5, 5.41) is 8.39. The van der Waals surface area contributed by atoms with Crippen LogP contribution in [-0.4, -0.2) is 28.1 Å². The molecule has 2 aromatic rings. The van der Waals surface area contributed by atoms with E-state index in [0.29, 0.717) is 5.56 Å². The molecular weight excluding hydrogens is 314 g/mol. The van der Waals surface area contributed by atoms with E-state index in [1.54, 1.807) is 22.2 Å². The van der Waals surface area contributed by atoms with Gasteiger partial charge in [0.2, 0.25) is 0 Å². The van der Waals surface area contributed by atoms with E-state index in [2.05, 4.69) is 5.10 Å². The number of aromatic nitrogens is 2. The lowest BCUT2D eigenvalue weighted by molar-refractivity contribution is 0.00578. The topological polar surface area (TPSA) is 36.3 Å². The quantitative estimate of drug-likeness (QED) is 0.793. The lowest BCUT2D eigenvalue weighted by Gasteiger charge is -2.32. The number of hydrogen-bond donors (Lipinski definition) is 0. The molecule has 1 saturated heterocycles. The SMILES string of the molecule is Cn1cc(C=C(F)B2OC(C)(C)C(C)(C)O2)c(-c2ccsc2)n1. The molecule has 4 nitrogen and oxygen atoms in total. The Bertz CT molecular complexity index is 721. The van der Waals surface area contributed by atoms with Crippen molar-refractivity contribution in [1.82, 2.24) is 9.78 Å². The predicted molar refractivity (Wildman–Crippen MR) is 91.7 cm³/mol. The molecule has 23 heavy (non-hydrogen) atoms. The van der Waals surface area contributed by atoms with Gasteiger partial charge in [0.1, 0.15) is 11.4 Å². The zero-order valence-corrected chi connectivity index (χ0v) is 14.8. The van der Waals surface area contributed by atoms with Crippen LogP contribution in [0, 0.1) is 0 Å². The van der Waals surface area contributed by atoms with Gasteiger partial charge in [0.15, 0.2) is 0 Å². The van der Waals surface area contributed by atoms with Gasteiger partial charge in [0.05, 0.1) is 11.2 Å². The number of hydrogen-bond acceptors (Lipinski definition) is 4. The van der Waals surface area contributed by atoms with Crippen LogP contribution in [0.2, 0.25) is 0 Å². The summed E-state index contributed by atoms with van der Waals surface area (Å²) in [6, 6.07) is 1.97. The van der Waals surface area contributed by atoms with Crippen molar-refractivity contribution in [2.75, 3.05) is 0 Å². The minimum absolute atomic E-state index is 0.451. The maximum Gasteiger partial charge on any atom is 0.525 e. The van der Waals surface area contributed by atoms with Crippen molar-refractivity contribution in [3.63, 3.8) is 0 Å². The highest BCUT2D eigenvalue weighted by Crippen LogP contribution is 2.39. The second kappa shape index (κ2) is 5.58. The predicted octanol–water partition coefficient (Wildman–Crippen LogP) is 4.09. The van der Waals surface area contributed by atoms with Crippen LogP contribution in [0.25, 0.3) is 17.3 Å². The standard InChI is InChI=1S/C16H20BFN2O2S/c1-15(2)16(3,4)22-17(21-15)13(18)8-12-9-20(5)19-14(12)11-6-7-23-10-11/h6-10H,1-5H3. The molecule has 0 aromatic carbocycles. The molecular formula is C16H20BFN2O2S. The lowest BCUT2D eigenvalue weighted by Crippen LogP contribution is -2.41. The van der Waals surface area contributed by atoms with Gasteiger partial charge in [-0.15, -0.1) is 0 Å². The molecule has 7 heteroatoms. The number of nitrogens with zero attached hydrogens (tertiary/aromatic N) is 2. The summed E-state index contributed by atoms with van der Waals surface area (Å²) in [5.41, 5.74) is 0.859. The molecule has 1 aliphatic heterocycles. The first-order valence-electron chi connectivity index (χ1n) is 7.48. The normalized spacial score (nSPS) is 20.3. The summed E-state index contributed by atoms with van der Waals surface area (Å²) in [6.07, 6.45) is 3.24. The van der Waals surface area contributed by atoms with Gasteiger partial charge in [-0.3, -0.25) is 4.68 Å². The largest absolute Gasteiger partial charge is 0.525 e. The molecule has 1 fully saturated rings. The number of rotatable bonds is 3. The van der Waals surface area contributed by atoms with Crippen molar-refractivity contribution < 1.29 is 13.7 Å². The van der Waals surface area contributed by atoms with Crippen molar-refractivity contribution in [3.8, 4) is 11.3 Å². The van der Waals surface area contributed by atoms with Crippen LogP contribution in [0.15, 0.2) is 28.7 Å². The van der Waals surface area contributed by atoms with Gasteiger partial charge in [-0.1, -0.05) is 0 Å². The van der Waals surface area contributed by atoms with Crippen molar-refractivity contribution in [3.05, 3.63) is 34.3 Å². The summed E-state index contributed by atoms with van der Waals surface area (Å²) >= 11 is 1.58. The van der Waals surface area contributed by atoms with E-state index in [1.807, 2.05) is 51.6 Å². The maximum atomic E-state index is 14.7. The molecule has 1 aliphatic rings. The fraction of sp³-hybridized carbons (Fsp3) is 0.438. The van der Waals surface area contributed by atoms with Gasteiger partial charge in [0.25, 0.3) is 0 Å². The Morgan fingerprint density at radius 3 is 2.52 bits per heavy atom. The summed E-state index contributed by atoms with van der Waals surface area (Å²) < 4.78 is 27.9. The van der Waals surface area contributed by atoms with Crippen molar-refractivity contribution >= 4 is 24.5 Å². The molecule has 0 N–H and O–H groups in total. The van der Waals surface area contributed by atoms with E-state index in [0.717, 1.165) is 11.3 Å². The molecule has 0 atom stereocenters. The van der Waals surface area contributed by atoms with Crippen molar-refractivity contribution in [2.24, 2.45) is 7.05 Å². The number of halogens is 1. The van der Waals surface area contributed by atoms with Crippen molar-refractivity contribution in [2.45, 2.75) is 38.9 Å². The van der Waals surface area contributed by atoms with E-state index in [9.17, 15) is 4.39 Å². The van der Waals surface area contributed by atoms with E-state index in [-0.39, 0.29) is 0 Å². The summed E-state index contributed by atoms with van der Waals surface area (Å²) in [4.78, 5) is 0. The molecule has 3 heterocycles. The van der Waals surface area contributed by atoms with Crippen LogP contribution in [0.4, 0.5) is 4.39 Å². The first kappa shape index (κ1) is 16.4. The van der Waals surface area contributed by atoms with Crippen LogP contribution < -0.4 is 0 Å². The summed E-state index contributed by atoms with van der Waals surface area (Å²) in [5.74, 6) is 0. The molecule has 0 radical (unpaired) electrons. The highest BCUT2D eigenvalue weighted by atomic mass is 32.1. The fourth-order valence-corrected chi connectivity index (χ4v) is 3.05. The highest BCUT2D eigenvalue weighted by molar-refractivity contribution is 7.08. The molecule has 122 valence electrons. The molecule has 0 unspecified atom stereocenters. The number of thiophene rings is 1. The fourth-order valence-electron chi connectivity index (χ4n) is 2.41. The monoisotopic (exact) mass is 334 g/mol. The minimum atomic E-state index is -0.990. The summed E-state index contributed by atoms with van der Waals surface area (Å²) in [7, 11) is 0.829. The Morgan fingerprint density at radius 2 is 1.96 bits per heavy atom. The average Bonchev–Trinajstić information content (AvgIpc) is 3.10. The first-order chi connectivity index (χ1) is 10.7. The second-order valence-corrected chi connectivity index (χ2v) is 7.52. The van der Waals surface area contributed by atoms with Crippen LogP contribution in [0.3, 0.4) is 0 Å². The Morgan fingerprint density at radius 1 is 1.30 bits per heavy atom. The van der Waals surface area contributed by atoms with Crippen LogP contribution in [0.1, 0.15) is 33.3 Å². The zero-order chi connectivity index (χ0) is 16.8. The molecule has 0 bridgehead atoms. The Labute approximate surface area is 140 Å². The first-order valence-corrected chi connectivity index (χ1v) is 8.43. The van der Waals surface area contributed by atoms with Crippen molar-refractivity contribution in [1.29, 1.82) is 0 Å². The van der Waals surface area contributed by atoms with Gasteiger partial charge in [0, 0.05) is 29.8 Å². The van der Waals surface area contributed by atoms with Gasteiger partial charge in [-0.2, -0.15) is 16.4 Å². The Hall–Kier alpha value is -1.44. The van der Waals surface area contributed by atoms with Gasteiger partial charge in [-0.25, -0.2) is 4.39 Å². The van der Waals surface area contributed by atoms with Crippen LogP contribution >= 0.6 is 11.3 Å². The molecule has 0 aliphatic carbocycles. The Kier molecular flexibility index (Phi) is 3.98. The molecule has 0 saturated carbocycles. The van der Waals surface area contributed by atoms with E-state index >= 15 is 0 Å². The average molecular weight is 334 g/mol. The molecule has 0 spiro atoms. The van der Waals surface area contributed by atoms with Crippen LogP contribution in [-0.2, 0) is 16.4 Å². The van der Waals surface area contributed by atoms with E-state index < -0.39 is 24.0 Å². The van der Waals surface area contributed by atoms with Gasteiger partial charge < -0.3 is 9.31 Å². The third kappa shape index (κ3) is 3.01. The highest BCUT2D eigenvalue weighted by Gasteiger charge is 2.53.